The lowest BCUT2D eigenvalue weighted by molar-refractivity contribution is -0.153. The number of oxime groups is 1. The fraction of sp³-hybridized carbons (Fsp3) is 0.111. The summed E-state index contributed by atoms with van der Waals surface area (Å²) in [5.74, 6) is -0.832. The summed E-state index contributed by atoms with van der Waals surface area (Å²) in [4.78, 5) is 15.1. The first kappa shape index (κ1) is 9.41. The van der Waals surface area contributed by atoms with E-state index in [1.807, 2.05) is 0 Å². The highest BCUT2D eigenvalue weighted by molar-refractivity contribution is 5.76. The summed E-state index contributed by atoms with van der Waals surface area (Å²) in [6.45, 7) is 2.97. The van der Waals surface area contributed by atoms with Gasteiger partial charge in [-0.15, -0.1) is 0 Å². The van der Waals surface area contributed by atoms with Crippen LogP contribution >= 0.6 is 0 Å². The van der Waals surface area contributed by atoms with Gasteiger partial charge in [-0.2, -0.15) is 0 Å². The van der Waals surface area contributed by atoms with Gasteiger partial charge in [0.2, 0.25) is 0 Å². The van der Waals surface area contributed by atoms with E-state index >= 15 is 0 Å². The monoisotopic (exact) mass is 179 g/mol. The van der Waals surface area contributed by atoms with E-state index in [-0.39, 0.29) is 0 Å². The highest BCUT2D eigenvalue weighted by Gasteiger charge is 2.18. The Bertz CT molecular complexity index is 297. The maximum Gasteiger partial charge on any atom is 0.367 e. The van der Waals surface area contributed by atoms with E-state index in [1.54, 1.807) is 30.3 Å². The topological polar surface area (TPSA) is 58.9 Å². The summed E-state index contributed by atoms with van der Waals surface area (Å²) in [6.07, 6.45) is -1.30. The third kappa shape index (κ3) is 2.38. The molecule has 0 bridgehead atoms. The van der Waals surface area contributed by atoms with Gasteiger partial charge in [-0.1, -0.05) is 35.5 Å². The molecule has 0 radical (unpaired) electrons. The molecule has 0 spiro atoms. The van der Waals surface area contributed by atoms with Gasteiger partial charge in [0.15, 0.2) is 6.10 Å². The van der Waals surface area contributed by atoms with Crippen LogP contribution in [0.5, 0.6) is 0 Å². The number of aliphatic hydroxyl groups excluding tert-OH is 1. The average Bonchev–Trinajstić information content (AvgIpc) is 2.18. The maximum atomic E-state index is 10.9. The fourth-order valence-corrected chi connectivity index (χ4v) is 0.885. The van der Waals surface area contributed by atoms with Crippen LogP contribution in [-0.2, 0) is 9.63 Å². The van der Waals surface area contributed by atoms with Crippen molar-refractivity contribution in [2.45, 2.75) is 6.10 Å². The molecule has 0 amide bonds. The van der Waals surface area contributed by atoms with E-state index in [9.17, 15) is 9.90 Å². The van der Waals surface area contributed by atoms with Crippen molar-refractivity contribution in [2.75, 3.05) is 0 Å². The molecule has 0 aliphatic rings. The van der Waals surface area contributed by atoms with Crippen molar-refractivity contribution in [3.63, 3.8) is 0 Å². The molecule has 68 valence electrons. The molecule has 4 nitrogen and oxygen atoms in total. The van der Waals surface area contributed by atoms with Crippen LogP contribution in [-0.4, -0.2) is 17.8 Å². The first-order valence-corrected chi connectivity index (χ1v) is 3.65. The van der Waals surface area contributed by atoms with Crippen molar-refractivity contribution < 1.29 is 14.7 Å². The van der Waals surface area contributed by atoms with Crippen molar-refractivity contribution in [1.82, 2.24) is 0 Å². The Morgan fingerprint density at radius 3 is 2.62 bits per heavy atom. The molecule has 1 rings (SSSR count). The number of carbonyl (C=O) groups excluding carboxylic acids is 1. The van der Waals surface area contributed by atoms with Gasteiger partial charge in [-0.25, -0.2) is 4.79 Å². The molecule has 0 saturated carbocycles. The molecule has 1 N–H and O–H groups in total. The Morgan fingerprint density at radius 1 is 1.46 bits per heavy atom. The second-order valence-electron chi connectivity index (χ2n) is 2.35. The highest BCUT2D eigenvalue weighted by atomic mass is 16.7. The first-order chi connectivity index (χ1) is 6.25. The van der Waals surface area contributed by atoms with Crippen molar-refractivity contribution in [3.05, 3.63) is 35.9 Å². The lowest BCUT2D eigenvalue weighted by Gasteiger charge is -2.06. The van der Waals surface area contributed by atoms with Gasteiger partial charge in [-0.05, 0) is 5.56 Å². The summed E-state index contributed by atoms with van der Waals surface area (Å²) in [6, 6.07) is 8.46. The maximum absolute atomic E-state index is 10.9. The van der Waals surface area contributed by atoms with E-state index < -0.39 is 12.1 Å². The van der Waals surface area contributed by atoms with Crippen molar-refractivity contribution in [1.29, 1.82) is 0 Å². The van der Waals surface area contributed by atoms with Crippen LogP contribution in [0.25, 0.3) is 0 Å². The van der Waals surface area contributed by atoms with Crippen LogP contribution in [0.1, 0.15) is 11.7 Å². The molecule has 1 aromatic carbocycles. The van der Waals surface area contributed by atoms with Crippen LogP contribution in [0.2, 0.25) is 0 Å². The summed E-state index contributed by atoms with van der Waals surface area (Å²) in [5, 5.41) is 12.3. The van der Waals surface area contributed by atoms with Crippen LogP contribution in [0.3, 0.4) is 0 Å². The van der Waals surface area contributed by atoms with Crippen LogP contribution < -0.4 is 0 Å². The summed E-state index contributed by atoms with van der Waals surface area (Å²) < 4.78 is 0. The Kier molecular flexibility index (Phi) is 3.16. The normalized spacial score (nSPS) is 11.8. The SMILES string of the molecule is C=NOC(=O)[C@H](O)c1ccccc1. The smallest absolute Gasteiger partial charge is 0.367 e. The molecule has 0 saturated heterocycles. The van der Waals surface area contributed by atoms with Crippen molar-refractivity contribution in [3.8, 4) is 0 Å². The van der Waals surface area contributed by atoms with Crippen molar-refractivity contribution >= 4 is 12.7 Å². The number of carbonyl (C=O) groups is 1. The Hall–Kier alpha value is -1.68. The second kappa shape index (κ2) is 4.37. The van der Waals surface area contributed by atoms with E-state index in [0.717, 1.165) is 0 Å². The minimum Gasteiger partial charge on any atom is -0.377 e. The molecule has 0 unspecified atom stereocenters. The third-order valence-electron chi connectivity index (χ3n) is 1.49. The standard InChI is InChI=1S/C9H9NO3/c1-10-13-9(12)8(11)7-5-3-2-4-6-7/h2-6,8,11H,1H2/t8-/m1/s1. The fourth-order valence-electron chi connectivity index (χ4n) is 0.885. The van der Waals surface area contributed by atoms with Crippen LogP contribution in [0.4, 0.5) is 0 Å². The zero-order valence-electron chi connectivity index (χ0n) is 6.88. The summed E-state index contributed by atoms with van der Waals surface area (Å²) >= 11 is 0. The van der Waals surface area contributed by atoms with E-state index in [1.165, 1.54) is 0 Å². The Labute approximate surface area is 75.4 Å². The van der Waals surface area contributed by atoms with Gasteiger partial charge >= 0.3 is 5.97 Å². The van der Waals surface area contributed by atoms with Crippen molar-refractivity contribution in [2.24, 2.45) is 5.16 Å². The second-order valence-corrected chi connectivity index (χ2v) is 2.35. The Balaban J connectivity index is 2.73. The largest absolute Gasteiger partial charge is 0.377 e. The number of hydrogen-bond acceptors (Lipinski definition) is 4. The minimum absolute atomic E-state index is 0.469. The average molecular weight is 179 g/mol. The number of benzene rings is 1. The predicted molar refractivity (Wildman–Crippen MR) is 47.0 cm³/mol. The van der Waals surface area contributed by atoms with E-state index in [2.05, 4.69) is 16.7 Å². The van der Waals surface area contributed by atoms with Gasteiger partial charge in [0.1, 0.15) is 0 Å². The molecule has 13 heavy (non-hydrogen) atoms. The van der Waals surface area contributed by atoms with Crippen LogP contribution in [0.15, 0.2) is 35.5 Å². The first-order valence-electron chi connectivity index (χ1n) is 3.65. The quantitative estimate of drug-likeness (QED) is 0.425. The molecule has 1 aromatic rings. The minimum atomic E-state index is -1.30. The van der Waals surface area contributed by atoms with Gasteiger partial charge in [0, 0.05) is 6.72 Å². The third-order valence-corrected chi connectivity index (χ3v) is 1.49. The summed E-state index contributed by atoms with van der Waals surface area (Å²) in [7, 11) is 0. The number of hydrogen-bond donors (Lipinski definition) is 1. The number of aliphatic hydroxyl groups is 1. The lowest BCUT2D eigenvalue weighted by atomic mass is 10.1. The van der Waals surface area contributed by atoms with Gasteiger partial charge in [0.25, 0.3) is 0 Å². The highest BCUT2D eigenvalue weighted by Crippen LogP contribution is 2.13. The van der Waals surface area contributed by atoms with E-state index in [0.29, 0.717) is 5.56 Å². The Morgan fingerprint density at radius 2 is 2.08 bits per heavy atom. The summed E-state index contributed by atoms with van der Waals surface area (Å²) in [5.41, 5.74) is 0.469. The molecule has 0 aliphatic carbocycles. The number of nitrogens with zero attached hydrogens (tertiary/aromatic N) is 1. The molecular weight excluding hydrogens is 170 g/mol. The molecule has 1 atom stereocenters. The van der Waals surface area contributed by atoms with Crippen LogP contribution in [0, 0.1) is 0 Å². The number of rotatable bonds is 3. The lowest BCUT2D eigenvalue weighted by Crippen LogP contribution is -2.12. The van der Waals surface area contributed by atoms with Gasteiger partial charge in [0.05, 0.1) is 0 Å². The van der Waals surface area contributed by atoms with E-state index in [4.69, 9.17) is 0 Å². The molecule has 0 aromatic heterocycles. The van der Waals surface area contributed by atoms with Gasteiger partial charge in [-0.3, -0.25) is 0 Å². The van der Waals surface area contributed by atoms with Gasteiger partial charge < -0.3 is 9.94 Å². The zero-order chi connectivity index (χ0) is 9.68. The zero-order valence-corrected chi connectivity index (χ0v) is 6.88. The predicted octanol–water partition coefficient (Wildman–Crippen LogP) is 0.879. The molecule has 0 heterocycles. The molecule has 0 fully saturated rings. The molecular formula is C9H9NO3. The molecule has 4 heteroatoms. The molecule has 0 aliphatic heterocycles.